The summed E-state index contributed by atoms with van der Waals surface area (Å²) in [6.45, 7) is 4.34. The highest BCUT2D eigenvalue weighted by atomic mass is 32.2. The van der Waals surface area contributed by atoms with Gasteiger partial charge in [0, 0.05) is 11.7 Å². The fraction of sp³-hybridized carbons (Fsp3) is 0.909. The van der Waals surface area contributed by atoms with Crippen LogP contribution in [0.15, 0.2) is 4.99 Å². The maximum atomic E-state index is 5.99. The molecule has 0 amide bonds. The van der Waals surface area contributed by atoms with Gasteiger partial charge in [-0.2, -0.15) is 11.8 Å². The third-order valence-corrected chi connectivity index (χ3v) is 3.83. The van der Waals surface area contributed by atoms with Crippen molar-refractivity contribution in [2.75, 3.05) is 11.5 Å². The van der Waals surface area contributed by atoms with Crippen LogP contribution in [0.4, 0.5) is 0 Å². The summed E-state index contributed by atoms with van der Waals surface area (Å²) >= 11 is 1.94. The summed E-state index contributed by atoms with van der Waals surface area (Å²) in [5.74, 6) is 3.77. The Hall–Kier alpha value is -0.180. The summed E-state index contributed by atoms with van der Waals surface area (Å²) in [4.78, 5) is 4.57. The Kier molecular flexibility index (Phi) is 5.38. The van der Waals surface area contributed by atoms with E-state index in [-0.39, 0.29) is 0 Å². The molecule has 1 aliphatic rings. The number of nitrogens with zero attached hydrogens (tertiary/aromatic N) is 1. The minimum absolute atomic E-state index is 0.389. The lowest BCUT2D eigenvalue weighted by molar-refractivity contribution is 0.704. The summed E-state index contributed by atoms with van der Waals surface area (Å²) in [6, 6.07) is 0.389. The summed E-state index contributed by atoms with van der Waals surface area (Å²) in [7, 11) is 0. The van der Waals surface area contributed by atoms with Crippen molar-refractivity contribution < 1.29 is 0 Å². The van der Waals surface area contributed by atoms with E-state index < -0.39 is 0 Å². The number of aliphatic imine (C=N–C) groups is 1. The summed E-state index contributed by atoms with van der Waals surface area (Å²) in [5.41, 5.74) is 5.99. The van der Waals surface area contributed by atoms with Gasteiger partial charge in [-0.3, -0.25) is 4.99 Å². The van der Waals surface area contributed by atoms with E-state index in [0.29, 0.717) is 12.0 Å². The molecule has 1 unspecified atom stereocenters. The Morgan fingerprint density at radius 3 is 2.71 bits per heavy atom. The molecule has 1 rings (SSSR count). The lowest BCUT2D eigenvalue weighted by Crippen LogP contribution is -2.24. The van der Waals surface area contributed by atoms with E-state index in [1.54, 1.807) is 0 Å². The van der Waals surface area contributed by atoms with Gasteiger partial charge in [-0.1, -0.05) is 19.8 Å². The van der Waals surface area contributed by atoms with Crippen molar-refractivity contribution in [2.24, 2.45) is 16.6 Å². The van der Waals surface area contributed by atoms with Gasteiger partial charge in [0.25, 0.3) is 0 Å². The van der Waals surface area contributed by atoms with Crippen LogP contribution in [0.3, 0.4) is 0 Å². The van der Waals surface area contributed by atoms with Crippen LogP contribution in [0.1, 0.15) is 39.5 Å². The van der Waals surface area contributed by atoms with Gasteiger partial charge in [-0.05, 0) is 25.5 Å². The molecule has 0 aromatic carbocycles. The molecule has 1 atom stereocenters. The van der Waals surface area contributed by atoms with Gasteiger partial charge in [0.1, 0.15) is 0 Å². The second-order valence-electron chi connectivity index (χ2n) is 4.04. The van der Waals surface area contributed by atoms with Crippen LogP contribution in [-0.4, -0.2) is 23.4 Å². The number of hydrogen-bond donors (Lipinski definition) is 1. The highest BCUT2D eigenvalue weighted by molar-refractivity contribution is 7.99. The summed E-state index contributed by atoms with van der Waals surface area (Å²) in [5, 5.41) is 0. The smallest absolute Gasteiger partial charge is 0.0972 e. The fourth-order valence-electron chi connectivity index (χ4n) is 1.91. The van der Waals surface area contributed by atoms with Gasteiger partial charge in [-0.15, -0.1) is 0 Å². The number of amidine groups is 1. The van der Waals surface area contributed by atoms with Crippen LogP contribution in [0.2, 0.25) is 0 Å². The molecule has 1 saturated carbocycles. The SMILES string of the molecule is CCSCC(C)N=C(N)C1CCCC1. The second-order valence-corrected chi connectivity index (χ2v) is 5.36. The third kappa shape index (κ3) is 3.91. The zero-order valence-corrected chi connectivity index (χ0v) is 10.1. The summed E-state index contributed by atoms with van der Waals surface area (Å²) < 4.78 is 0. The predicted molar refractivity (Wildman–Crippen MR) is 66.0 cm³/mol. The van der Waals surface area contributed by atoms with Gasteiger partial charge in [0.15, 0.2) is 0 Å². The molecular formula is C11H22N2S. The molecule has 1 aliphatic carbocycles. The van der Waals surface area contributed by atoms with Crippen molar-refractivity contribution in [3.8, 4) is 0 Å². The van der Waals surface area contributed by atoms with E-state index in [0.717, 1.165) is 11.6 Å². The molecule has 0 radical (unpaired) electrons. The molecule has 0 saturated heterocycles. The van der Waals surface area contributed by atoms with Gasteiger partial charge in [-0.25, -0.2) is 0 Å². The van der Waals surface area contributed by atoms with Gasteiger partial charge in [0.2, 0.25) is 0 Å². The van der Waals surface area contributed by atoms with E-state index in [2.05, 4.69) is 18.8 Å². The second kappa shape index (κ2) is 6.33. The minimum atomic E-state index is 0.389. The first kappa shape index (κ1) is 11.9. The van der Waals surface area contributed by atoms with Crippen LogP contribution in [0, 0.1) is 5.92 Å². The Morgan fingerprint density at radius 2 is 2.14 bits per heavy atom. The molecule has 0 aromatic rings. The zero-order chi connectivity index (χ0) is 10.4. The molecule has 3 heteroatoms. The van der Waals surface area contributed by atoms with Crippen molar-refractivity contribution in [1.29, 1.82) is 0 Å². The first-order valence-electron chi connectivity index (χ1n) is 5.65. The lowest BCUT2D eigenvalue weighted by atomic mass is 10.1. The molecule has 0 aromatic heterocycles. The maximum absolute atomic E-state index is 5.99. The summed E-state index contributed by atoms with van der Waals surface area (Å²) in [6.07, 6.45) is 5.17. The predicted octanol–water partition coefficient (Wildman–Crippen LogP) is 2.68. The monoisotopic (exact) mass is 214 g/mol. The van der Waals surface area contributed by atoms with Crippen molar-refractivity contribution >= 4 is 17.6 Å². The fourth-order valence-corrected chi connectivity index (χ4v) is 2.56. The first-order valence-corrected chi connectivity index (χ1v) is 6.80. The minimum Gasteiger partial charge on any atom is -0.387 e. The average molecular weight is 214 g/mol. The lowest BCUT2D eigenvalue weighted by Gasteiger charge is -2.11. The molecule has 0 heterocycles. The van der Waals surface area contributed by atoms with E-state index in [4.69, 9.17) is 5.73 Å². The maximum Gasteiger partial charge on any atom is 0.0972 e. The van der Waals surface area contributed by atoms with E-state index >= 15 is 0 Å². The highest BCUT2D eigenvalue weighted by Gasteiger charge is 2.18. The quantitative estimate of drug-likeness (QED) is 0.564. The Morgan fingerprint density at radius 1 is 1.50 bits per heavy atom. The van der Waals surface area contributed by atoms with Crippen LogP contribution < -0.4 is 5.73 Å². The molecule has 1 fully saturated rings. The van der Waals surface area contributed by atoms with Crippen molar-refractivity contribution in [1.82, 2.24) is 0 Å². The van der Waals surface area contributed by atoms with Crippen LogP contribution in [0.25, 0.3) is 0 Å². The van der Waals surface area contributed by atoms with E-state index in [9.17, 15) is 0 Å². The van der Waals surface area contributed by atoms with Gasteiger partial charge in [0.05, 0.1) is 11.9 Å². The van der Waals surface area contributed by atoms with Crippen LogP contribution >= 0.6 is 11.8 Å². The van der Waals surface area contributed by atoms with E-state index in [1.807, 2.05) is 11.8 Å². The van der Waals surface area contributed by atoms with Gasteiger partial charge < -0.3 is 5.73 Å². The Bertz CT molecular complexity index is 186. The normalized spacial score (nSPS) is 21.4. The third-order valence-electron chi connectivity index (χ3n) is 2.71. The molecule has 2 nitrogen and oxygen atoms in total. The van der Waals surface area contributed by atoms with Crippen molar-refractivity contribution in [2.45, 2.75) is 45.6 Å². The van der Waals surface area contributed by atoms with Gasteiger partial charge >= 0.3 is 0 Å². The largest absolute Gasteiger partial charge is 0.387 e. The van der Waals surface area contributed by atoms with Crippen LogP contribution in [-0.2, 0) is 0 Å². The van der Waals surface area contributed by atoms with Crippen molar-refractivity contribution in [3.05, 3.63) is 0 Å². The number of hydrogen-bond acceptors (Lipinski definition) is 2. The van der Waals surface area contributed by atoms with Crippen molar-refractivity contribution in [3.63, 3.8) is 0 Å². The molecule has 2 N–H and O–H groups in total. The highest BCUT2D eigenvalue weighted by Crippen LogP contribution is 2.25. The number of thioether (sulfide) groups is 1. The first-order chi connectivity index (χ1) is 6.74. The molecule has 82 valence electrons. The molecule has 0 bridgehead atoms. The molecule has 0 spiro atoms. The molecule has 14 heavy (non-hydrogen) atoms. The van der Waals surface area contributed by atoms with Crippen LogP contribution in [0.5, 0.6) is 0 Å². The van der Waals surface area contributed by atoms with E-state index in [1.165, 1.54) is 31.4 Å². The standard InChI is InChI=1S/C11H22N2S/c1-3-14-8-9(2)13-11(12)10-6-4-5-7-10/h9-10H,3-8H2,1-2H3,(H2,12,13). The zero-order valence-electron chi connectivity index (χ0n) is 9.33. The Labute approximate surface area is 91.7 Å². The molecular weight excluding hydrogens is 192 g/mol. The molecule has 0 aliphatic heterocycles. The Balaban J connectivity index is 2.33. The topological polar surface area (TPSA) is 38.4 Å². The number of rotatable bonds is 5. The average Bonchev–Trinajstić information content (AvgIpc) is 2.67. The number of nitrogens with two attached hydrogens (primary N) is 1.